The summed E-state index contributed by atoms with van der Waals surface area (Å²) in [6.07, 6.45) is 1.32. The van der Waals surface area contributed by atoms with Crippen molar-refractivity contribution >= 4 is 29.4 Å². The summed E-state index contributed by atoms with van der Waals surface area (Å²) in [4.78, 5) is 36.2. The van der Waals surface area contributed by atoms with E-state index in [0.717, 1.165) is 0 Å². The summed E-state index contributed by atoms with van der Waals surface area (Å²) in [5.74, 6) is -4.26. The number of aliphatic hydroxyl groups is 2. The maximum absolute atomic E-state index is 13.2. The molecule has 6 N–H and O–H groups in total. The van der Waals surface area contributed by atoms with Crippen molar-refractivity contribution in [2.75, 3.05) is 0 Å². The minimum Gasteiger partial charge on any atom is -0.511 e. The average Bonchev–Trinajstić information content (AvgIpc) is 2.60. The lowest BCUT2D eigenvalue weighted by Crippen LogP contribution is -2.46. The number of carbonyl (C=O) groups excluding carboxylic acids is 3. The van der Waals surface area contributed by atoms with Gasteiger partial charge in [0.15, 0.2) is 5.78 Å². The van der Waals surface area contributed by atoms with E-state index in [4.69, 9.17) is 11.1 Å². The third-order valence-electron chi connectivity index (χ3n) is 5.98. The predicted molar refractivity (Wildman–Crippen MR) is 98.0 cm³/mol. The molecule has 1 aromatic carbocycles. The Balaban J connectivity index is 1.87. The number of benzene rings is 1. The fourth-order valence-electron chi connectivity index (χ4n) is 4.83. The van der Waals surface area contributed by atoms with Gasteiger partial charge in [0.1, 0.15) is 23.6 Å². The van der Waals surface area contributed by atoms with E-state index in [-0.39, 0.29) is 46.8 Å². The van der Waals surface area contributed by atoms with Crippen LogP contribution in [-0.2, 0) is 16.0 Å². The number of phenols is 1. The van der Waals surface area contributed by atoms with Crippen molar-refractivity contribution in [1.82, 2.24) is 0 Å². The highest BCUT2D eigenvalue weighted by atomic mass is 16.3. The molecular weight excluding hydrogens is 364 g/mol. The Labute approximate surface area is 159 Å². The number of primary amides is 1. The zero-order chi connectivity index (χ0) is 20.3. The largest absolute Gasteiger partial charge is 0.511 e. The number of nitrogens with one attached hydrogen (secondary N) is 1. The first-order valence-corrected chi connectivity index (χ1v) is 8.84. The summed E-state index contributed by atoms with van der Waals surface area (Å²) < 4.78 is 0. The highest BCUT2D eigenvalue weighted by Crippen LogP contribution is 2.49. The van der Waals surface area contributed by atoms with Gasteiger partial charge < -0.3 is 26.5 Å². The Bertz CT molecular complexity index is 1040. The topological polar surface area (TPSA) is 162 Å². The number of Topliss-reactive ketones (excluding diaryl/α,β-unsaturated/α-hetero) is 1. The van der Waals surface area contributed by atoms with Crippen molar-refractivity contribution < 1.29 is 29.7 Å². The van der Waals surface area contributed by atoms with Crippen LogP contribution < -0.4 is 5.73 Å². The summed E-state index contributed by atoms with van der Waals surface area (Å²) in [6, 6.07) is 2.74. The van der Waals surface area contributed by atoms with Crippen molar-refractivity contribution in [3.63, 3.8) is 0 Å². The zero-order valence-corrected chi connectivity index (χ0v) is 14.7. The Morgan fingerprint density at radius 2 is 1.93 bits per heavy atom. The minimum absolute atomic E-state index is 0.0367. The molecule has 0 spiro atoms. The van der Waals surface area contributed by atoms with Crippen LogP contribution in [0.2, 0.25) is 0 Å². The molecule has 28 heavy (non-hydrogen) atoms. The van der Waals surface area contributed by atoms with Gasteiger partial charge in [0.2, 0.25) is 0 Å². The van der Waals surface area contributed by atoms with Crippen molar-refractivity contribution in [1.29, 1.82) is 5.41 Å². The molecule has 1 fully saturated rings. The second-order valence-corrected chi connectivity index (χ2v) is 7.45. The fraction of sp³-hybridized carbons (Fsp3) is 0.300. The summed E-state index contributed by atoms with van der Waals surface area (Å²) in [7, 11) is 0. The summed E-state index contributed by atoms with van der Waals surface area (Å²) in [5, 5.41) is 39.4. The van der Waals surface area contributed by atoms with Gasteiger partial charge in [0.05, 0.1) is 22.8 Å². The Kier molecular flexibility index (Phi) is 3.88. The smallest absolute Gasteiger partial charge is 0.253 e. The van der Waals surface area contributed by atoms with Crippen molar-refractivity contribution in [3.05, 3.63) is 45.7 Å². The Morgan fingerprint density at radius 1 is 1.21 bits per heavy atom. The highest BCUT2D eigenvalue weighted by molar-refractivity contribution is 6.29. The van der Waals surface area contributed by atoms with Crippen LogP contribution in [0.25, 0.3) is 5.76 Å². The van der Waals surface area contributed by atoms with Gasteiger partial charge in [-0.15, -0.1) is 0 Å². The van der Waals surface area contributed by atoms with Gasteiger partial charge in [-0.05, 0) is 42.4 Å². The minimum atomic E-state index is -0.996. The number of allylic oxidation sites excluding steroid dienone is 2. The lowest BCUT2D eigenvalue weighted by molar-refractivity contribution is -0.121. The second-order valence-electron chi connectivity index (χ2n) is 7.45. The van der Waals surface area contributed by atoms with Gasteiger partial charge in [-0.2, -0.15) is 0 Å². The maximum Gasteiger partial charge on any atom is 0.253 e. The summed E-state index contributed by atoms with van der Waals surface area (Å²) >= 11 is 0. The molecule has 0 aliphatic heterocycles. The lowest BCUT2D eigenvalue weighted by atomic mass is 9.61. The molecule has 3 aliphatic rings. The van der Waals surface area contributed by atoms with E-state index in [0.29, 0.717) is 23.8 Å². The number of rotatable bonds is 2. The number of hydrogen-bond acceptors (Lipinski definition) is 7. The van der Waals surface area contributed by atoms with E-state index in [1.807, 2.05) is 0 Å². The van der Waals surface area contributed by atoms with Crippen molar-refractivity contribution in [2.45, 2.75) is 19.3 Å². The van der Waals surface area contributed by atoms with E-state index in [1.165, 1.54) is 12.1 Å². The third-order valence-corrected chi connectivity index (χ3v) is 5.98. The van der Waals surface area contributed by atoms with Gasteiger partial charge in [0.25, 0.3) is 5.91 Å². The molecule has 3 unspecified atom stereocenters. The van der Waals surface area contributed by atoms with Crippen LogP contribution in [0.3, 0.4) is 0 Å². The SMILES string of the molecule is N=C1C(C(N)=O)=C(O)CC2CC3Cc4c(C=O)ccc(O)c4C(O)=C3C(=O)C12. The van der Waals surface area contributed by atoms with Crippen LogP contribution in [0.5, 0.6) is 5.75 Å². The Hall–Kier alpha value is -3.42. The predicted octanol–water partition coefficient (Wildman–Crippen LogP) is 1.57. The summed E-state index contributed by atoms with van der Waals surface area (Å²) in [5.41, 5.74) is 5.49. The molecular formula is C20H18N2O6. The number of fused-ring (bicyclic) bond motifs is 3. The molecule has 8 nitrogen and oxygen atoms in total. The molecule has 8 heteroatoms. The molecule has 0 bridgehead atoms. The van der Waals surface area contributed by atoms with Gasteiger partial charge in [-0.1, -0.05) is 0 Å². The van der Waals surface area contributed by atoms with Crippen LogP contribution in [0.1, 0.15) is 34.3 Å². The number of aliphatic hydroxyl groups excluding tert-OH is 2. The van der Waals surface area contributed by atoms with Crippen LogP contribution in [0.4, 0.5) is 0 Å². The van der Waals surface area contributed by atoms with Crippen molar-refractivity contribution in [2.24, 2.45) is 23.5 Å². The van der Waals surface area contributed by atoms with E-state index in [2.05, 4.69) is 0 Å². The number of hydrogen-bond donors (Lipinski definition) is 5. The maximum atomic E-state index is 13.2. The molecule has 3 aliphatic carbocycles. The van der Waals surface area contributed by atoms with Crippen LogP contribution in [0, 0.1) is 23.2 Å². The number of aldehydes is 1. The molecule has 0 radical (unpaired) electrons. The monoisotopic (exact) mass is 382 g/mol. The molecule has 1 saturated carbocycles. The Morgan fingerprint density at radius 3 is 2.57 bits per heavy atom. The first-order valence-electron chi connectivity index (χ1n) is 8.84. The molecule has 144 valence electrons. The number of carbonyl (C=O) groups is 3. The molecule has 0 saturated heterocycles. The first kappa shape index (κ1) is 18.0. The number of ketones is 1. The normalized spacial score (nSPS) is 26.5. The standard InChI is InChI=1S/C20H18N2O6/c21-17-13-9(5-12(25)16(17)20(22)28)3-8-4-10-7(6-23)1-2-11(24)15(10)19(27)14(8)18(13)26/h1-2,6,8-9,13,21,24-25,27H,3-5H2,(H2,22,28). The fourth-order valence-corrected chi connectivity index (χ4v) is 4.83. The molecule has 1 aromatic rings. The quantitative estimate of drug-likeness (QED) is 0.488. The molecule has 4 rings (SSSR count). The second kappa shape index (κ2) is 6.05. The van der Waals surface area contributed by atoms with E-state index >= 15 is 0 Å². The first-order chi connectivity index (χ1) is 13.3. The van der Waals surface area contributed by atoms with Gasteiger partial charge in [-0.3, -0.25) is 14.4 Å². The number of aromatic hydroxyl groups is 1. The third kappa shape index (κ3) is 2.30. The van der Waals surface area contributed by atoms with E-state index in [1.54, 1.807) is 0 Å². The molecule has 0 heterocycles. The van der Waals surface area contributed by atoms with Crippen molar-refractivity contribution in [3.8, 4) is 5.75 Å². The lowest BCUT2D eigenvalue weighted by Gasteiger charge is -2.42. The molecule has 0 aromatic heterocycles. The van der Waals surface area contributed by atoms with Crippen LogP contribution in [0.15, 0.2) is 29.0 Å². The molecule has 1 amide bonds. The van der Waals surface area contributed by atoms with Gasteiger partial charge in [-0.25, -0.2) is 0 Å². The number of nitrogens with two attached hydrogens (primary N) is 1. The van der Waals surface area contributed by atoms with Crippen LogP contribution >= 0.6 is 0 Å². The average molecular weight is 382 g/mol. The van der Waals surface area contributed by atoms with E-state index in [9.17, 15) is 29.7 Å². The number of amides is 1. The summed E-state index contributed by atoms with van der Waals surface area (Å²) in [6.45, 7) is 0. The molecule has 3 atom stereocenters. The zero-order valence-electron chi connectivity index (χ0n) is 14.7. The number of phenolic OH excluding ortho intramolecular Hbond substituents is 1. The van der Waals surface area contributed by atoms with Gasteiger partial charge >= 0.3 is 0 Å². The van der Waals surface area contributed by atoms with E-state index < -0.39 is 35.2 Å². The van der Waals surface area contributed by atoms with Crippen LogP contribution in [-0.4, -0.2) is 39.0 Å². The van der Waals surface area contributed by atoms with Gasteiger partial charge in [0, 0.05) is 17.6 Å². The highest BCUT2D eigenvalue weighted by Gasteiger charge is 2.50.